The first kappa shape index (κ1) is 13.3. The van der Waals surface area contributed by atoms with E-state index in [1.54, 1.807) is 6.20 Å². The number of hydrogen-bond acceptors (Lipinski definition) is 2. The molecule has 0 amide bonds. The Labute approximate surface area is 126 Å². The van der Waals surface area contributed by atoms with E-state index in [2.05, 4.69) is 20.9 Å². The number of aliphatic hydroxyl groups is 1. The van der Waals surface area contributed by atoms with Crippen molar-refractivity contribution in [1.82, 2.24) is 4.98 Å². The first-order valence-electron chi connectivity index (χ1n) is 6.50. The van der Waals surface area contributed by atoms with Gasteiger partial charge < -0.3 is 5.11 Å². The SMILES string of the molecule is OC(Cc1ccccc1Br)c1ccc2ncccc2c1. The topological polar surface area (TPSA) is 33.1 Å². The number of halogens is 1. The molecule has 2 nitrogen and oxygen atoms in total. The lowest BCUT2D eigenvalue weighted by molar-refractivity contribution is 0.178. The smallest absolute Gasteiger partial charge is 0.0831 e. The largest absolute Gasteiger partial charge is 0.388 e. The number of fused-ring (bicyclic) bond motifs is 1. The van der Waals surface area contributed by atoms with Crippen molar-refractivity contribution in [3.63, 3.8) is 0 Å². The van der Waals surface area contributed by atoms with Crippen LogP contribution in [-0.4, -0.2) is 10.1 Å². The molecule has 0 aliphatic carbocycles. The summed E-state index contributed by atoms with van der Waals surface area (Å²) in [5.41, 5.74) is 2.97. The molecule has 0 radical (unpaired) electrons. The van der Waals surface area contributed by atoms with Crippen molar-refractivity contribution in [1.29, 1.82) is 0 Å². The number of rotatable bonds is 3. The van der Waals surface area contributed by atoms with Gasteiger partial charge in [0.1, 0.15) is 0 Å². The summed E-state index contributed by atoms with van der Waals surface area (Å²) < 4.78 is 1.03. The summed E-state index contributed by atoms with van der Waals surface area (Å²) >= 11 is 3.52. The third-order valence-corrected chi connectivity index (χ3v) is 4.16. The van der Waals surface area contributed by atoms with Crippen LogP contribution in [-0.2, 0) is 6.42 Å². The zero-order valence-electron chi connectivity index (χ0n) is 10.8. The van der Waals surface area contributed by atoms with Crippen LogP contribution in [0.4, 0.5) is 0 Å². The minimum absolute atomic E-state index is 0.515. The summed E-state index contributed by atoms with van der Waals surface area (Å²) in [4.78, 5) is 4.29. The zero-order valence-corrected chi connectivity index (χ0v) is 12.4. The van der Waals surface area contributed by atoms with E-state index in [1.807, 2.05) is 54.6 Å². The van der Waals surface area contributed by atoms with Crippen molar-refractivity contribution in [2.75, 3.05) is 0 Å². The Balaban J connectivity index is 1.89. The summed E-state index contributed by atoms with van der Waals surface area (Å²) in [5, 5.41) is 11.5. The molecule has 3 heteroatoms. The second kappa shape index (κ2) is 5.73. The number of nitrogens with zero attached hydrogens (tertiary/aromatic N) is 1. The molecule has 3 rings (SSSR count). The fourth-order valence-corrected chi connectivity index (χ4v) is 2.74. The zero-order chi connectivity index (χ0) is 13.9. The third kappa shape index (κ3) is 2.74. The van der Waals surface area contributed by atoms with Crippen molar-refractivity contribution < 1.29 is 5.11 Å². The molecule has 1 heterocycles. The van der Waals surface area contributed by atoms with Gasteiger partial charge in [0.2, 0.25) is 0 Å². The highest BCUT2D eigenvalue weighted by Crippen LogP contribution is 2.25. The van der Waals surface area contributed by atoms with Crippen molar-refractivity contribution in [3.05, 3.63) is 76.4 Å². The fourth-order valence-electron chi connectivity index (χ4n) is 2.29. The number of aromatic nitrogens is 1. The van der Waals surface area contributed by atoms with Crippen LogP contribution in [0.3, 0.4) is 0 Å². The van der Waals surface area contributed by atoms with Gasteiger partial charge in [-0.25, -0.2) is 0 Å². The predicted octanol–water partition coefficient (Wildman–Crippen LogP) is 4.27. The van der Waals surface area contributed by atoms with E-state index in [0.29, 0.717) is 6.42 Å². The number of pyridine rings is 1. The highest BCUT2D eigenvalue weighted by atomic mass is 79.9. The van der Waals surface area contributed by atoms with Gasteiger partial charge in [-0.1, -0.05) is 46.3 Å². The van der Waals surface area contributed by atoms with Gasteiger partial charge in [-0.05, 0) is 35.4 Å². The second-order valence-electron chi connectivity index (χ2n) is 4.77. The molecule has 0 aliphatic heterocycles. The molecule has 1 aromatic heterocycles. The van der Waals surface area contributed by atoms with Crippen LogP contribution in [0.1, 0.15) is 17.2 Å². The molecule has 0 fully saturated rings. The average molecular weight is 328 g/mol. The van der Waals surface area contributed by atoms with E-state index < -0.39 is 6.10 Å². The maximum Gasteiger partial charge on any atom is 0.0831 e. The van der Waals surface area contributed by atoms with E-state index in [4.69, 9.17) is 0 Å². The van der Waals surface area contributed by atoms with E-state index in [0.717, 1.165) is 26.5 Å². The standard InChI is InChI=1S/C17H14BrNO/c18-15-6-2-1-4-12(15)11-17(20)14-7-8-16-13(10-14)5-3-9-19-16/h1-10,17,20H,11H2. The molecule has 20 heavy (non-hydrogen) atoms. The maximum absolute atomic E-state index is 10.4. The molecule has 0 saturated heterocycles. The number of benzene rings is 2. The molecule has 0 saturated carbocycles. The highest BCUT2D eigenvalue weighted by molar-refractivity contribution is 9.10. The number of aliphatic hydroxyl groups excluding tert-OH is 1. The third-order valence-electron chi connectivity index (χ3n) is 3.38. The van der Waals surface area contributed by atoms with Gasteiger partial charge in [0.25, 0.3) is 0 Å². The van der Waals surface area contributed by atoms with Crippen LogP contribution in [0, 0.1) is 0 Å². The quantitative estimate of drug-likeness (QED) is 0.779. The number of hydrogen-bond donors (Lipinski definition) is 1. The minimum atomic E-state index is -0.515. The normalized spacial score (nSPS) is 12.5. The van der Waals surface area contributed by atoms with Gasteiger partial charge in [0.15, 0.2) is 0 Å². The van der Waals surface area contributed by atoms with E-state index in [-0.39, 0.29) is 0 Å². The van der Waals surface area contributed by atoms with Crippen molar-refractivity contribution in [2.24, 2.45) is 0 Å². The first-order valence-corrected chi connectivity index (χ1v) is 7.29. The summed E-state index contributed by atoms with van der Waals surface area (Å²) in [6.45, 7) is 0. The summed E-state index contributed by atoms with van der Waals surface area (Å²) in [6.07, 6.45) is 1.85. The lowest BCUT2D eigenvalue weighted by Crippen LogP contribution is -2.02. The Hall–Kier alpha value is -1.71. The molecule has 3 aromatic rings. The molecular weight excluding hydrogens is 314 g/mol. The molecular formula is C17H14BrNO. The van der Waals surface area contributed by atoms with Gasteiger partial charge in [-0.15, -0.1) is 0 Å². The second-order valence-corrected chi connectivity index (χ2v) is 5.62. The molecule has 1 atom stereocenters. The van der Waals surface area contributed by atoms with Crippen LogP contribution >= 0.6 is 15.9 Å². The van der Waals surface area contributed by atoms with Gasteiger partial charge in [0.05, 0.1) is 11.6 Å². The van der Waals surface area contributed by atoms with Gasteiger partial charge in [-0.3, -0.25) is 4.98 Å². The van der Waals surface area contributed by atoms with Crippen molar-refractivity contribution >= 4 is 26.8 Å². The van der Waals surface area contributed by atoms with Gasteiger partial charge in [-0.2, -0.15) is 0 Å². The van der Waals surface area contributed by atoms with Gasteiger partial charge >= 0.3 is 0 Å². The van der Waals surface area contributed by atoms with Crippen LogP contribution < -0.4 is 0 Å². The summed E-state index contributed by atoms with van der Waals surface area (Å²) in [7, 11) is 0. The van der Waals surface area contributed by atoms with Gasteiger partial charge in [0, 0.05) is 22.5 Å². The van der Waals surface area contributed by atoms with E-state index >= 15 is 0 Å². The van der Waals surface area contributed by atoms with Crippen LogP contribution in [0.2, 0.25) is 0 Å². The fraction of sp³-hybridized carbons (Fsp3) is 0.118. The molecule has 1 N–H and O–H groups in total. The maximum atomic E-state index is 10.4. The Kier molecular flexibility index (Phi) is 3.81. The first-order chi connectivity index (χ1) is 9.74. The molecule has 0 bridgehead atoms. The summed E-state index contributed by atoms with van der Waals surface area (Å²) in [6, 6.07) is 17.8. The molecule has 0 spiro atoms. The lowest BCUT2D eigenvalue weighted by atomic mass is 10.00. The Morgan fingerprint density at radius 1 is 1.05 bits per heavy atom. The molecule has 1 unspecified atom stereocenters. The summed E-state index contributed by atoms with van der Waals surface area (Å²) in [5.74, 6) is 0. The monoisotopic (exact) mass is 327 g/mol. The van der Waals surface area contributed by atoms with Crippen LogP contribution in [0.25, 0.3) is 10.9 Å². The minimum Gasteiger partial charge on any atom is -0.388 e. The molecule has 2 aromatic carbocycles. The Morgan fingerprint density at radius 3 is 2.75 bits per heavy atom. The lowest BCUT2D eigenvalue weighted by Gasteiger charge is -2.13. The van der Waals surface area contributed by atoms with Crippen LogP contribution in [0.15, 0.2) is 65.3 Å². The predicted molar refractivity (Wildman–Crippen MR) is 84.5 cm³/mol. The Bertz CT molecular complexity index is 742. The Morgan fingerprint density at radius 2 is 1.90 bits per heavy atom. The van der Waals surface area contributed by atoms with Crippen molar-refractivity contribution in [2.45, 2.75) is 12.5 Å². The van der Waals surface area contributed by atoms with E-state index in [1.165, 1.54) is 0 Å². The molecule has 100 valence electrons. The average Bonchev–Trinajstić information content (AvgIpc) is 2.49. The van der Waals surface area contributed by atoms with E-state index in [9.17, 15) is 5.11 Å². The molecule has 0 aliphatic rings. The van der Waals surface area contributed by atoms with Crippen molar-refractivity contribution in [3.8, 4) is 0 Å². The highest BCUT2D eigenvalue weighted by Gasteiger charge is 2.11. The van der Waals surface area contributed by atoms with Crippen LogP contribution in [0.5, 0.6) is 0 Å².